The number of allylic oxidation sites excluding steroid dienone is 1. The first-order valence-electron chi connectivity index (χ1n) is 6.35. The quantitative estimate of drug-likeness (QED) is 0.791. The Kier molecular flexibility index (Phi) is 5.19. The zero-order valence-electron chi connectivity index (χ0n) is 10.1. The summed E-state index contributed by atoms with van der Waals surface area (Å²) in [5.41, 5.74) is 1.42. The summed E-state index contributed by atoms with van der Waals surface area (Å²) in [4.78, 5) is 2.43. The van der Waals surface area contributed by atoms with Crippen molar-refractivity contribution in [1.29, 1.82) is 0 Å². The maximum atomic E-state index is 3.17. The Hall–Kier alpha value is -0.678. The summed E-state index contributed by atoms with van der Waals surface area (Å²) in [6.45, 7) is 2.43. The van der Waals surface area contributed by atoms with Crippen LogP contribution in [-0.4, -0.2) is 22.5 Å². The first-order valence-corrected chi connectivity index (χ1v) is 6.99. The third-order valence-electron chi connectivity index (χ3n) is 3.12. The van der Waals surface area contributed by atoms with Gasteiger partial charge in [0.2, 0.25) is 0 Å². The Morgan fingerprint density at radius 1 is 1.18 bits per heavy atom. The van der Waals surface area contributed by atoms with Crippen LogP contribution in [-0.2, 0) is 22.3 Å². The molecule has 1 aliphatic heterocycles. The molecular weight excluding hydrogens is 246 g/mol. The molecule has 0 unspecified atom stereocenters. The van der Waals surface area contributed by atoms with Crippen LogP contribution in [0.4, 0.5) is 0 Å². The van der Waals surface area contributed by atoms with E-state index in [9.17, 15) is 0 Å². The van der Waals surface area contributed by atoms with E-state index >= 15 is 0 Å². The van der Waals surface area contributed by atoms with Crippen LogP contribution in [0.25, 0.3) is 0 Å². The third kappa shape index (κ3) is 4.24. The van der Waals surface area contributed by atoms with Crippen LogP contribution >= 0.6 is 0 Å². The van der Waals surface area contributed by atoms with Gasteiger partial charge in [0.15, 0.2) is 0 Å². The van der Waals surface area contributed by atoms with Gasteiger partial charge in [0, 0.05) is 0 Å². The number of hydrogen-bond acceptors (Lipinski definition) is 1. The van der Waals surface area contributed by atoms with Gasteiger partial charge in [-0.15, -0.1) is 0 Å². The Balaban J connectivity index is 1.72. The van der Waals surface area contributed by atoms with E-state index in [1.54, 1.807) is 0 Å². The van der Waals surface area contributed by atoms with Crippen molar-refractivity contribution in [3.05, 3.63) is 48.0 Å². The Morgan fingerprint density at radius 3 is 2.59 bits per heavy atom. The van der Waals surface area contributed by atoms with E-state index in [1.807, 2.05) is 0 Å². The predicted molar refractivity (Wildman–Crippen MR) is 69.7 cm³/mol. The van der Waals surface area contributed by atoms with E-state index in [1.165, 1.54) is 36.0 Å². The van der Waals surface area contributed by atoms with Crippen LogP contribution < -0.4 is 0 Å². The molecule has 2 heteroatoms. The van der Waals surface area contributed by atoms with Crippen LogP contribution in [0.1, 0.15) is 24.8 Å². The van der Waals surface area contributed by atoms with Gasteiger partial charge >= 0.3 is 112 Å². The number of nitrogens with zero attached hydrogens (tertiary/aromatic N) is 1. The minimum atomic E-state index is 1.11. The summed E-state index contributed by atoms with van der Waals surface area (Å²) in [6.07, 6.45) is 9.42. The summed E-state index contributed by atoms with van der Waals surface area (Å²) in [6, 6.07) is 10.7. The zero-order chi connectivity index (χ0) is 11.9. The third-order valence-corrected chi connectivity index (χ3v) is 3.74. The molecule has 1 heterocycles. The van der Waals surface area contributed by atoms with Gasteiger partial charge in [-0.25, -0.2) is 0 Å². The average molecular weight is 265 g/mol. The van der Waals surface area contributed by atoms with Crippen molar-refractivity contribution < 1.29 is 15.9 Å². The van der Waals surface area contributed by atoms with Crippen LogP contribution in [0.3, 0.4) is 0 Å². The van der Waals surface area contributed by atoms with Crippen molar-refractivity contribution >= 4 is 4.50 Å². The summed E-state index contributed by atoms with van der Waals surface area (Å²) in [5.74, 6) is 0. The molecule has 0 amide bonds. The van der Waals surface area contributed by atoms with Crippen LogP contribution in [0.2, 0.25) is 0 Å². The molecule has 0 aliphatic carbocycles. The van der Waals surface area contributed by atoms with E-state index in [4.69, 9.17) is 0 Å². The number of likely N-dealkylation sites (tertiary alicyclic amines) is 1. The molecule has 0 atom stereocenters. The van der Waals surface area contributed by atoms with Gasteiger partial charge in [-0.3, -0.25) is 0 Å². The Bertz CT molecular complexity index is 377. The molecule has 0 saturated carbocycles. The van der Waals surface area contributed by atoms with E-state index < -0.39 is 0 Å². The molecule has 1 saturated heterocycles. The topological polar surface area (TPSA) is 3.24 Å². The molecule has 0 N–H and O–H groups in total. The minimum absolute atomic E-state index is 1.11. The van der Waals surface area contributed by atoms with Crippen molar-refractivity contribution in [2.24, 2.45) is 0 Å². The van der Waals surface area contributed by atoms with Gasteiger partial charge in [0.25, 0.3) is 0 Å². The molecule has 0 spiro atoms. The van der Waals surface area contributed by atoms with E-state index in [-0.39, 0.29) is 0 Å². The van der Waals surface area contributed by atoms with Gasteiger partial charge in [0.05, 0.1) is 0 Å². The Morgan fingerprint density at radius 2 is 1.88 bits per heavy atom. The van der Waals surface area contributed by atoms with Gasteiger partial charge < -0.3 is 0 Å². The van der Waals surface area contributed by atoms with Crippen molar-refractivity contribution in [2.75, 3.05) is 13.1 Å². The molecule has 0 aromatic heterocycles. The molecule has 1 aromatic carbocycles. The summed E-state index contributed by atoms with van der Waals surface area (Å²) in [7, 11) is 0. The molecule has 90 valence electrons. The fourth-order valence-electron chi connectivity index (χ4n) is 2.12. The van der Waals surface area contributed by atoms with E-state index in [2.05, 4.69) is 63.2 Å². The molecular formula is C15H19CrN. The molecule has 1 fully saturated rings. The molecule has 17 heavy (non-hydrogen) atoms. The monoisotopic (exact) mass is 265 g/mol. The van der Waals surface area contributed by atoms with Crippen LogP contribution in [0.5, 0.6) is 0 Å². The normalized spacial score (nSPS) is 16.7. The maximum absolute atomic E-state index is 3.17. The number of benzene rings is 1. The van der Waals surface area contributed by atoms with E-state index in [0.717, 1.165) is 12.8 Å². The number of rotatable bonds is 5. The Labute approximate surface area is 112 Å². The van der Waals surface area contributed by atoms with Crippen molar-refractivity contribution in [2.45, 2.75) is 25.7 Å². The van der Waals surface area contributed by atoms with Gasteiger partial charge in [-0.2, -0.15) is 0 Å². The van der Waals surface area contributed by atoms with E-state index in [0.29, 0.717) is 0 Å². The number of hydrogen-bond donors (Lipinski definition) is 0. The standard InChI is InChI=1S/C15H19N.Cr/c1-3-9-15(10-4-1)11-5-2-6-12-16-13-7-8-14-16;/h1-4,6,9-10H,5,7-8,11,13-14H2;/b6-2+;. The predicted octanol–water partition coefficient (Wildman–Crippen LogP) is 2.95. The summed E-state index contributed by atoms with van der Waals surface area (Å²) < 4.78 is 1.30. The molecule has 2 rings (SSSR count). The molecule has 1 nitrogen and oxygen atoms in total. The van der Waals surface area contributed by atoms with Crippen molar-refractivity contribution in [3.8, 4) is 0 Å². The summed E-state index contributed by atoms with van der Waals surface area (Å²) in [5, 5.41) is 0. The zero-order valence-corrected chi connectivity index (χ0v) is 11.4. The fraction of sp³-hybridized carbons (Fsp3) is 0.400. The number of aryl methyl sites for hydroxylation is 1. The van der Waals surface area contributed by atoms with Crippen molar-refractivity contribution in [3.63, 3.8) is 0 Å². The summed E-state index contributed by atoms with van der Waals surface area (Å²) >= 11 is 3.17. The first-order chi connectivity index (χ1) is 8.36. The van der Waals surface area contributed by atoms with Gasteiger partial charge in [-0.05, 0) is 0 Å². The van der Waals surface area contributed by atoms with Gasteiger partial charge in [-0.1, -0.05) is 0 Å². The van der Waals surface area contributed by atoms with Crippen LogP contribution in [0, 0.1) is 0 Å². The fourth-order valence-corrected chi connectivity index (χ4v) is 2.56. The van der Waals surface area contributed by atoms with Gasteiger partial charge in [0.1, 0.15) is 0 Å². The second kappa shape index (κ2) is 6.91. The second-order valence-corrected chi connectivity index (χ2v) is 5.11. The van der Waals surface area contributed by atoms with Crippen molar-refractivity contribution in [1.82, 2.24) is 4.90 Å². The molecule has 1 aromatic rings. The SMILES string of the molecule is [Cr]=[C](/C=C/CCc1ccccc1)N1CCCC1. The molecule has 1 aliphatic rings. The van der Waals surface area contributed by atoms with Crippen LogP contribution in [0.15, 0.2) is 42.5 Å². The second-order valence-electron chi connectivity index (χ2n) is 4.46. The first kappa shape index (κ1) is 12.8. The average Bonchev–Trinajstić information content (AvgIpc) is 2.89. The molecule has 0 bridgehead atoms. The molecule has 0 radical (unpaired) electrons.